The number of hydrogen-bond donors (Lipinski definition) is 0. The van der Waals surface area contributed by atoms with Gasteiger partial charge in [0.1, 0.15) is 11.8 Å². The van der Waals surface area contributed by atoms with Gasteiger partial charge in [0.15, 0.2) is 0 Å². The first-order valence-corrected chi connectivity index (χ1v) is 5.67. The number of thiophene rings is 1. The normalized spacial score (nSPS) is 10.4. The molecule has 0 N–H and O–H groups in total. The summed E-state index contributed by atoms with van der Waals surface area (Å²) in [5.41, 5.74) is 0.704. The molecule has 3 aromatic rings. The molecule has 0 saturated heterocycles. The molecule has 0 unspecified atom stereocenters. The van der Waals surface area contributed by atoms with Crippen molar-refractivity contribution in [2.75, 3.05) is 0 Å². The van der Waals surface area contributed by atoms with Crippen molar-refractivity contribution in [3.63, 3.8) is 0 Å². The number of hydrogen-bond acceptors (Lipinski definition) is 3. The van der Waals surface area contributed by atoms with Crippen LogP contribution in [0.5, 0.6) is 0 Å². The number of benzene rings is 1. The average molecular weight is 225 g/mol. The minimum absolute atomic E-state index is 0.704. The van der Waals surface area contributed by atoms with Crippen LogP contribution in [0.25, 0.3) is 20.7 Å². The van der Waals surface area contributed by atoms with Crippen LogP contribution in [0.3, 0.4) is 0 Å². The van der Waals surface area contributed by atoms with Gasteiger partial charge >= 0.3 is 0 Å². The van der Waals surface area contributed by atoms with Gasteiger partial charge in [0.05, 0.1) is 16.7 Å². The molecule has 0 bridgehead atoms. The SMILES string of the molecule is N#Cc1c(-c2ccco2)sc2ccccc12. The number of nitrogens with zero attached hydrogens (tertiary/aromatic N) is 1. The summed E-state index contributed by atoms with van der Waals surface area (Å²) >= 11 is 1.59. The Bertz CT molecular complexity index is 674. The summed E-state index contributed by atoms with van der Waals surface area (Å²) in [5.74, 6) is 0.762. The third kappa shape index (κ3) is 1.24. The van der Waals surface area contributed by atoms with Crippen LogP contribution < -0.4 is 0 Å². The predicted octanol–water partition coefficient (Wildman–Crippen LogP) is 4.03. The van der Waals surface area contributed by atoms with E-state index < -0.39 is 0 Å². The quantitative estimate of drug-likeness (QED) is 0.626. The van der Waals surface area contributed by atoms with E-state index in [9.17, 15) is 5.26 Å². The van der Waals surface area contributed by atoms with Crippen LogP contribution >= 0.6 is 11.3 Å². The summed E-state index contributed by atoms with van der Waals surface area (Å²) in [5, 5.41) is 10.2. The molecular formula is C13H7NOS. The molecule has 0 atom stereocenters. The third-order valence-corrected chi connectivity index (χ3v) is 3.64. The summed E-state index contributed by atoms with van der Waals surface area (Å²) in [6.45, 7) is 0. The number of furan rings is 1. The van der Waals surface area contributed by atoms with Crippen LogP contribution in [-0.2, 0) is 0 Å². The lowest BCUT2D eigenvalue weighted by Crippen LogP contribution is -1.74. The molecule has 2 aromatic heterocycles. The Kier molecular flexibility index (Phi) is 2.02. The second-order valence-corrected chi connectivity index (χ2v) is 4.44. The largest absolute Gasteiger partial charge is 0.463 e. The van der Waals surface area contributed by atoms with Crippen molar-refractivity contribution in [2.24, 2.45) is 0 Å². The van der Waals surface area contributed by atoms with Crippen molar-refractivity contribution < 1.29 is 4.42 Å². The summed E-state index contributed by atoms with van der Waals surface area (Å²) in [7, 11) is 0. The molecule has 0 fully saturated rings. The second-order valence-electron chi connectivity index (χ2n) is 3.39. The Labute approximate surface area is 96.4 Å². The molecule has 0 amide bonds. The first-order valence-electron chi connectivity index (χ1n) is 4.85. The monoisotopic (exact) mass is 225 g/mol. The summed E-state index contributed by atoms with van der Waals surface area (Å²) in [6.07, 6.45) is 1.63. The van der Waals surface area contributed by atoms with E-state index in [1.54, 1.807) is 17.6 Å². The van der Waals surface area contributed by atoms with Gasteiger partial charge < -0.3 is 4.42 Å². The molecule has 0 aliphatic rings. The van der Waals surface area contributed by atoms with Crippen molar-refractivity contribution in [3.8, 4) is 16.7 Å². The zero-order chi connectivity index (χ0) is 11.0. The average Bonchev–Trinajstić information content (AvgIpc) is 2.95. The molecule has 2 nitrogen and oxygen atoms in total. The fourth-order valence-electron chi connectivity index (χ4n) is 1.74. The van der Waals surface area contributed by atoms with Crippen molar-refractivity contribution in [3.05, 3.63) is 48.2 Å². The Hall–Kier alpha value is -2.05. The number of fused-ring (bicyclic) bond motifs is 1. The highest BCUT2D eigenvalue weighted by atomic mass is 32.1. The molecule has 1 aromatic carbocycles. The minimum Gasteiger partial charge on any atom is -0.463 e. The predicted molar refractivity (Wildman–Crippen MR) is 64.2 cm³/mol. The molecule has 0 spiro atoms. The van der Waals surface area contributed by atoms with Crippen molar-refractivity contribution in [1.29, 1.82) is 5.26 Å². The van der Waals surface area contributed by atoms with Gasteiger partial charge in [0.25, 0.3) is 0 Å². The lowest BCUT2D eigenvalue weighted by Gasteiger charge is -1.90. The van der Waals surface area contributed by atoms with Crippen molar-refractivity contribution in [1.82, 2.24) is 0 Å². The molecule has 0 radical (unpaired) electrons. The van der Waals surface area contributed by atoms with E-state index in [1.807, 2.05) is 36.4 Å². The smallest absolute Gasteiger partial charge is 0.145 e. The Balaban J connectivity index is 2.38. The van der Waals surface area contributed by atoms with Crippen LogP contribution in [0.15, 0.2) is 47.1 Å². The summed E-state index contributed by atoms with van der Waals surface area (Å²) < 4.78 is 6.47. The van der Waals surface area contributed by atoms with Gasteiger partial charge in [-0.15, -0.1) is 11.3 Å². The molecule has 0 aliphatic heterocycles. The highest BCUT2D eigenvalue weighted by molar-refractivity contribution is 7.22. The molecule has 0 saturated carbocycles. The van der Waals surface area contributed by atoms with E-state index >= 15 is 0 Å². The maximum atomic E-state index is 9.22. The molecule has 3 heteroatoms. The Morgan fingerprint density at radius 1 is 1.12 bits per heavy atom. The van der Waals surface area contributed by atoms with Gasteiger partial charge in [0, 0.05) is 10.1 Å². The first kappa shape index (κ1) is 9.20. The molecule has 76 valence electrons. The van der Waals surface area contributed by atoms with Gasteiger partial charge in [-0.1, -0.05) is 18.2 Å². The molecule has 0 aliphatic carbocycles. The van der Waals surface area contributed by atoms with E-state index in [2.05, 4.69) is 6.07 Å². The van der Waals surface area contributed by atoms with E-state index in [4.69, 9.17) is 4.42 Å². The number of rotatable bonds is 1. The van der Waals surface area contributed by atoms with E-state index in [0.29, 0.717) is 5.56 Å². The van der Waals surface area contributed by atoms with Crippen LogP contribution in [0.1, 0.15) is 5.56 Å². The van der Waals surface area contributed by atoms with E-state index in [0.717, 1.165) is 20.7 Å². The zero-order valence-electron chi connectivity index (χ0n) is 8.31. The fourth-order valence-corrected chi connectivity index (χ4v) is 2.86. The molecule has 2 heterocycles. The first-order chi connectivity index (χ1) is 7.90. The minimum atomic E-state index is 0.704. The lowest BCUT2D eigenvalue weighted by atomic mass is 10.1. The zero-order valence-corrected chi connectivity index (χ0v) is 9.12. The lowest BCUT2D eigenvalue weighted by molar-refractivity contribution is 0.583. The van der Waals surface area contributed by atoms with Crippen LogP contribution in [0, 0.1) is 11.3 Å². The van der Waals surface area contributed by atoms with Gasteiger partial charge in [-0.25, -0.2) is 0 Å². The van der Waals surface area contributed by atoms with E-state index in [1.165, 1.54) is 0 Å². The molecule has 3 rings (SSSR count). The third-order valence-electron chi connectivity index (χ3n) is 2.45. The van der Waals surface area contributed by atoms with E-state index in [-0.39, 0.29) is 0 Å². The van der Waals surface area contributed by atoms with Crippen molar-refractivity contribution in [2.45, 2.75) is 0 Å². The highest BCUT2D eigenvalue weighted by Gasteiger charge is 2.14. The van der Waals surface area contributed by atoms with Crippen LogP contribution in [0.2, 0.25) is 0 Å². The standard InChI is InChI=1S/C13H7NOS/c14-8-10-9-4-1-2-6-12(9)16-13(10)11-5-3-7-15-11/h1-7H. The highest BCUT2D eigenvalue weighted by Crippen LogP contribution is 2.38. The maximum Gasteiger partial charge on any atom is 0.145 e. The topological polar surface area (TPSA) is 36.9 Å². The molecule has 16 heavy (non-hydrogen) atoms. The van der Waals surface area contributed by atoms with Gasteiger partial charge in [0.2, 0.25) is 0 Å². The van der Waals surface area contributed by atoms with Gasteiger partial charge in [-0.2, -0.15) is 5.26 Å². The number of nitriles is 1. The Morgan fingerprint density at radius 3 is 2.75 bits per heavy atom. The van der Waals surface area contributed by atoms with Crippen molar-refractivity contribution >= 4 is 21.4 Å². The Morgan fingerprint density at radius 2 is 2.00 bits per heavy atom. The maximum absolute atomic E-state index is 9.22. The molecular weight excluding hydrogens is 218 g/mol. The van der Waals surface area contributed by atoms with Crippen LogP contribution in [0.4, 0.5) is 0 Å². The summed E-state index contributed by atoms with van der Waals surface area (Å²) in [6, 6.07) is 13.9. The van der Waals surface area contributed by atoms with Crippen LogP contribution in [-0.4, -0.2) is 0 Å². The second kappa shape index (κ2) is 3.51. The summed E-state index contributed by atoms with van der Waals surface area (Å²) in [4.78, 5) is 0.911. The fraction of sp³-hybridized carbons (Fsp3) is 0. The van der Waals surface area contributed by atoms with Gasteiger partial charge in [-0.05, 0) is 18.2 Å². The van der Waals surface area contributed by atoms with Gasteiger partial charge in [-0.3, -0.25) is 0 Å².